The Morgan fingerprint density at radius 3 is 2.52 bits per heavy atom. The third kappa shape index (κ3) is 6.44. The molecule has 1 fully saturated rings. The smallest absolute Gasteiger partial charge is 0.286 e. The van der Waals surface area contributed by atoms with Crippen LogP contribution in [0.15, 0.2) is 24.3 Å². The van der Waals surface area contributed by atoms with E-state index in [1.54, 1.807) is 0 Å². The second kappa shape index (κ2) is 9.61. The number of carbonyl (C=O) groups is 1. The minimum atomic E-state index is -1.75. The summed E-state index contributed by atoms with van der Waals surface area (Å²) in [6.07, 6.45) is 2.33. The van der Waals surface area contributed by atoms with Crippen molar-refractivity contribution in [2.24, 2.45) is 0 Å². The number of hydrogen-bond acceptors (Lipinski definition) is 5. The molecule has 0 spiro atoms. The molecule has 1 aromatic rings. The zero-order valence-electron chi connectivity index (χ0n) is 15.1. The molecular weight excluding hydrogens is 373 g/mol. The van der Waals surface area contributed by atoms with Gasteiger partial charge in [0, 0.05) is 23.4 Å². The predicted octanol–water partition coefficient (Wildman–Crippen LogP) is 4.84. The van der Waals surface area contributed by atoms with Crippen LogP contribution >= 0.6 is 31.9 Å². The highest BCUT2D eigenvalue weighted by molar-refractivity contribution is 8.14. The van der Waals surface area contributed by atoms with Gasteiger partial charge in [-0.3, -0.25) is 9.69 Å². The van der Waals surface area contributed by atoms with Crippen LogP contribution in [0.4, 0.5) is 10.5 Å². The van der Waals surface area contributed by atoms with Crippen LogP contribution < -0.4 is 4.90 Å². The van der Waals surface area contributed by atoms with E-state index in [0.29, 0.717) is 6.16 Å². The summed E-state index contributed by atoms with van der Waals surface area (Å²) in [5, 5.41) is 0.139. The van der Waals surface area contributed by atoms with Crippen molar-refractivity contribution in [3.8, 4) is 0 Å². The second-order valence-corrected chi connectivity index (χ2v) is 10.6. The largest absolute Gasteiger partial charge is 0.350 e. The Kier molecular flexibility index (Phi) is 8.09. The fourth-order valence-corrected chi connectivity index (χ4v) is 5.46. The number of unbranched alkanes of at least 4 members (excludes halogenated alkanes) is 1. The fourth-order valence-electron chi connectivity index (χ4n) is 2.70. The van der Waals surface area contributed by atoms with Crippen molar-refractivity contribution >= 4 is 42.8 Å². The standard InChI is InChI=1S/C18H28NO3PS2/c1-18(2,3)14-6-8-15(9-7-14)19-16(13-25-17(19)20)12-24-11-5-4-10-23(21)22/h6-9,16,21-22H,4-5,10-13H2,1-3H3/t16-/m0/s1. The number of nitrogens with zero attached hydrogens (tertiary/aromatic N) is 1. The molecule has 2 N–H and O–H groups in total. The first kappa shape index (κ1) is 21.0. The molecule has 0 radical (unpaired) electrons. The maximum absolute atomic E-state index is 12.3. The molecular formula is C18H28NO3PS2. The summed E-state index contributed by atoms with van der Waals surface area (Å²) in [6, 6.07) is 8.60. The van der Waals surface area contributed by atoms with E-state index in [2.05, 4.69) is 45.0 Å². The molecule has 0 aliphatic carbocycles. The molecule has 4 nitrogen and oxygen atoms in total. The van der Waals surface area contributed by atoms with E-state index in [9.17, 15) is 4.79 Å². The Morgan fingerprint density at radius 2 is 1.92 bits per heavy atom. The van der Waals surface area contributed by atoms with E-state index in [-0.39, 0.29) is 16.7 Å². The summed E-state index contributed by atoms with van der Waals surface area (Å²) in [5.74, 6) is 2.76. The average Bonchev–Trinajstić information content (AvgIpc) is 2.90. The number of thioether (sulfide) groups is 2. The molecule has 0 aromatic heterocycles. The van der Waals surface area contributed by atoms with Gasteiger partial charge in [0.25, 0.3) is 5.24 Å². The van der Waals surface area contributed by atoms with Gasteiger partial charge in [0.2, 0.25) is 0 Å². The summed E-state index contributed by atoms with van der Waals surface area (Å²) in [5.41, 5.74) is 2.37. The molecule has 1 heterocycles. The van der Waals surface area contributed by atoms with Gasteiger partial charge in [-0.05, 0) is 41.7 Å². The van der Waals surface area contributed by atoms with Crippen molar-refractivity contribution < 1.29 is 14.6 Å². The van der Waals surface area contributed by atoms with Crippen LogP contribution in [0.25, 0.3) is 0 Å². The lowest BCUT2D eigenvalue weighted by Gasteiger charge is -2.25. The van der Waals surface area contributed by atoms with Crippen LogP contribution in [0.5, 0.6) is 0 Å². The monoisotopic (exact) mass is 401 g/mol. The van der Waals surface area contributed by atoms with E-state index in [0.717, 1.165) is 35.8 Å². The van der Waals surface area contributed by atoms with Crippen LogP contribution in [0.2, 0.25) is 0 Å². The molecule has 1 aromatic carbocycles. The molecule has 25 heavy (non-hydrogen) atoms. The number of rotatable bonds is 8. The minimum Gasteiger partial charge on any atom is -0.350 e. The molecule has 140 valence electrons. The molecule has 1 atom stereocenters. The molecule has 0 unspecified atom stereocenters. The zero-order chi connectivity index (χ0) is 18.4. The predicted molar refractivity (Wildman–Crippen MR) is 112 cm³/mol. The third-order valence-electron chi connectivity index (χ3n) is 4.18. The molecule has 1 saturated heterocycles. The first-order valence-corrected chi connectivity index (χ1v) is 12.2. The van der Waals surface area contributed by atoms with Gasteiger partial charge in [0.15, 0.2) is 8.38 Å². The van der Waals surface area contributed by atoms with Gasteiger partial charge >= 0.3 is 0 Å². The Bertz CT molecular complexity index is 560. The van der Waals surface area contributed by atoms with Gasteiger partial charge < -0.3 is 9.79 Å². The van der Waals surface area contributed by atoms with E-state index in [1.807, 2.05) is 16.7 Å². The van der Waals surface area contributed by atoms with Gasteiger partial charge in [0.1, 0.15) is 0 Å². The number of carbonyl (C=O) groups excluding carboxylic acids is 1. The van der Waals surface area contributed by atoms with E-state index >= 15 is 0 Å². The van der Waals surface area contributed by atoms with Crippen LogP contribution in [0, 0.1) is 0 Å². The fraction of sp³-hybridized carbons (Fsp3) is 0.611. The quantitative estimate of drug-likeness (QED) is 0.482. The lowest BCUT2D eigenvalue weighted by Crippen LogP contribution is -2.35. The normalized spacial score (nSPS) is 18.4. The minimum absolute atomic E-state index is 0.112. The van der Waals surface area contributed by atoms with Crippen LogP contribution in [0.1, 0.15) is 39.2 Å². The molecule has 0 saturated carbocycles. The summed E-state index contributed by atoms with van der Waals surface area (Å²) in [7, 11) is -1.75. The van der Waals surface area contributed by atoms with Crippen molar-refractivity contribution in [1.29, 1.82) is 0 Å². The average molecular weight is 402 g/mol. The number of amides is 1. The van der Waals surface area contributed by atoms with Crippen molar-refractivity contribution in [2.45, 2.75) is 45.1 Å². The third-order valence-corrected chi connectivity index (χ3v) is 7.09. The summed E-state index contributed by atoms with van der Waals surface area (Å²) < 4.78 is 0. The number of hydrogen-bond donors (Lipinski definition) is 2. The summed E-state index contributed by atoms with van der Waals surface area (Å²) >= 11 is 3.25. The Balaban J connectivity index is 1.88. The number of anilines is 1. The van der Waals surface area contributed by atoms with E-state index in [1.165, 1.54) is 17.3 Å². The Morgan fingerprint density at radius 1 is 1.24 bits per heavy atom. The Hall–Kier alpha value is -0.260. The highest BCUT2D eigenvalue weighted by Gasteiger charge is 2.33. The van der Waals surface area contributed by atoms with Gasteiger partial charge in [-0.1, -0.05) is 44.7 Å². The van der Waals surface area contributed by atoms with E-state index in [4.69, 9.17) is 9.79 Å². The summed E-state index contributed by atoms with van der Waals surface area (Å²) in [6.45, 7) is 6.57. The first-order valence-electron chi connectivity index (χ1n) is 8.58. The lowest BCUT2D eigenvalue weighted by atomic mass is 9.87. The lowest BCUT2D eigenvalue weighted by molar-refractivity contribution is 0.265. The SMILES string of the molecule is CC(C)(C)c1ccc(N2C(=O)SC[C@@H]2CSCCCCP(O)O)cc1. The number of benzene rings is 1. The van der Waals surface area contributed by atoms with Gasteiger partial charge in [0.05, 0.1) is 6.04 Å². The van der Waals surface area contributed by atoms with Crippen LogP contribution in [-0.4, -0.2) is 44.5 Å². The van der Waals surface area contributed by atoms with Crippen molar-refractivity contribution in [1.82, 2.24) is 0 Å². The highest BCUT2D eigenvalue weighted by Crippen LogP contribution is 2.33. The van der Waals surface area contributed by atoms with Crippen molar-refractivity contribution in [3.63, 3.8) is 0 Å². The van der Waals surface area contributed by atoms with Crippen LogP contribution in [-0.2, 0) is 5.41 Å². The Labute approximate surface area is 160 Å². The zero-order valence-corrected chi connectivity index (χ0v) is 17.7. The molecule has 1 aliphatic heterocycles. The topological polar surface area (TPSA) is 60.8 Å². The first-order chi connectivity index (χ1) is 11.8. The molecule has 1 aliphatic rings. The maximum atomic E-state index is 12.3. The van der Waals surface area contributed by atoms with E-state index < -0.39 is 8.38 Å². The van der Waals surface area contributed by atoms with Gasteiger partial charge in [-0.2, -0.15) is 11.8 Å². The van der Waals surface area contributed by atoms with Gasteiger partial charge in [-0.15, -0.1) is 0 Å². The highest BCUT2D eigenvalue weighted by atomic mass is 32.2. The molecule has 2 rings (SSSR count). The van der Waals surface area contributed by atoms with Crippen molar-refractivity contribution in [2.75, 3.05) is 28.3 Å². The van der Waals surface area contributed by atoms with Crippen LogP contribution in [0.3, 0.4) is 0 Å². The molecule has 1 amide bonds. The van der Waals surface area contributed by atoms with Gasteiger partial charge in [-0.25, -0.2) is 0 Å². The molecule has 0 bridgehead atoms. The van der Waals surface area contributed by atoms with Crippen molar-refractivity contribution in [3.05, 3.63) is 29.8 Å². The molecule has 7 heteroatoms. The summed E-state index contributed by atoms with van der Waals surface area (Å²) in [4.78, 5) is 32.1. The maximum Gasteiger partial charge on any atom is 0.286 e. The second-order valence-electron chi connectivity index (χ2n) is 7.28.